The molecule has 0 spiro atoms. The number of nitrogens with zero attached hydrogens (tertiary/aromatic N) is 3. The van der Waals surface area contributed by atoms with Gasteiger partial charge in [-0.15, -0.1) is 0 Å². The maximum atomic E-state index is 15.2. The second-order valence-corrected chi connectivity index (χ2v) is 11.8. The number of fused-ring (bicyclic) bond motifs is 2. The summed E-state index contributed by atoms with van der Waals surface area (Å²) in [6.45, 7) is 6.22. The zero-order valence-electron chi connectivity index (χ0n) is 18.6. The fourth-order valence-electron chi connectivity index (χ4n) is 5.10. The Balaban J connectivity index is 1.53. The van der Waals surface area contributed by atoms with E-state index in [2.05, 4.69) is 33.8 Å². The number of hydrogen-bond donors (Lipinski definition) is 0. The number of aliphatic imine (C=N–C) groups is 1. The van der Waals surface area contributed by atoms with Gasteiger partial charge >= 0.3 is 194 Å². The SMILES string of the molecule is [O-][PH]1(c2ccccc2)C2=CC(=[N+]3CCOCC3)C=CC2=Nc2ccc(N3CCOCC3)cc21. The van der Waals surface area contributed by atoms with Crippen LogP contribution in [-0.2, 0) is 9.47 Å². The Bertz CT molecular complexity index is 1190. The van der Waals surface area contributed by atoms with Gasteiger partial charge in [0.05, 0.1) is 0 Å². The van der Waals surface area contributed by atoms with Crippen LogP contribution in [0.3, 0.4) is 0 Å². The fourth-order valence-corrected chi connectivity index (χ4v) is 8.38. The molecule has 3 aliphatic heterocycles. The Kier molecular flexibility index (Phi) is 5.47. The number of rotatable bonds is 2. The van der Waals surface area contributed by atoms with Gasteiger partial charge in [-0.3, -0.25) is 0 Å². The number of ether oxygens (including phenoxy) is 2. The normalized spacial score (nSPS) is 22.8. The van der Waals surface area contributed by atoms with E-state index < -0.39 is 7.49 Å². The van der Waals surface area contributed by atoms with Crippen molar-refractivity contribution in [1.82, 2.24) is 0 Å². The van der Waals surface area contributed by atoms with Crippen molar-refractivity contribution in [3.63, 3.8) is 0 Å². The van der Waals surface area contributed by atoms with Gasteiger partial charge in [-0.2, -0.15) is 0 Å². The second kappa shape index (κ2) is 8.62. The molecule has 2 saturated heterocycles. The van der Waals surface area contributed by atoms with Crippen LogP contribution in [0.15, 0.2) is 77.1 Å². The molecule has 0 aromatic heterocycles. The molecule has 0 amide bonds. The summed E-state index contributed by atoms with van der Waals surface area (Å²) in [6, 6.07) is 16.2. The predicted octanol–water partition coefficient (Wildman–Crippen LogP) is 1.52. The van der Waals surface area contributed by atoms with Crippen LogP contribution in [-0.4, -0.2) is 68.6 Å². The first-order chi connectivity index (χ1) is 16.2. The molecule has 4 aliphatic rings. The molecular formula is C26H28N3O3P. The van der Waals surface area contributed by atoms with Crippen molar-refractivity contribution in [2.75, 3.05) is 57.5 Å². The van der Waals surface area contributed by atoms with E-state index >= 15 is 4.89 Å². The molecule has 2 fully saturated rings. The zero-order chi connectivity index (χ0) is 22.3. The van der Waals surface area contributed by atoms with Crippen LogP contribution in [0, 0.1) is 0 Å². The van der Waals surface area contributed by atoms with E-state index in [0.717, 1.165) is 64.9 Å². The van der Waals surface area contributed by atoms with E-state index in [1.54, 1.807) is 0 Å². The van der Waals surface area contributed by atoms with Crippen molar-refractivity contribution >= 4 is 40.9 Å². The average molecular weight is 462 g/mol. The van der Waals surface area contributed by atoms with Crippen LogP contribution < -0.4 is 20.4 Å². The van der Waals surface area contributed by atoms with Gasteiger partial charge in [-0.25, -0.2) is 0 Å². The van der Waals surface area contributed by atoms with E-state index in [0.29, 0.717) is 26.4 Å². The average Bonchev–Trinajstić information content (AvgIpc) is 2.90. The van der Waals surface area contributed by atoms with Crippen molar-refractivity contribution in [3.05, 3.63) is 72.1 Å². The van der Waals surface area contributed by atoms with Crippen LogP contribution in [0.4, 0.5) is 11.4 Å². The summed E-state index contributed by atoms with van der Waals surface area (Å²) >= 11 is 0. The molecule has 0 N–H and O–H groups in total. The first-order valence-electron chi connectivity index (χ1n) is 11.7. The number of benzene rings is 2. The Labute approximate surface area is 194 Å². The summed E-state index contributed by atoms with van der Waals surface area (Å²) < 4.78 is 13.4. The monoisotopic (exact) mass is 461 g/mol. The molecule has 6 rings (SSSR count). The first-order valence-corrected chi connectivity index (χ1v) is 13.6. The summed E-state index contributed by atoms with van der Waals surface area (Å²) in [7, 11) is -3.50. The summed E-state index contributed by atoms with van der Waals surface area (Å²) in [6.07, 6.45) is 6.24. The van der Waals surface area contributed by atoms with Crippen LogP contribution in [0.25, 0.3) is 0 Å². The van der Waals surface area contributed by atoms with Crippen molar-refractivity contribution < 1.29 is 18.9 Å². The molecule has 0 unspecified atom stereocenters. The molecule has 0 bridgehead atoms. The van der Waals surface area contributed by atoms with Gasteiger partial charge < -0.3 is 0 Å². The molecule has 0 saturated carbocycles. The molecule has 7 heteroatoms. The Morgan fingerprint density at radius 1 is 0.909 bits per heavy atom. The van der Waals surface area contributed by atoms with E-state index in [4.69, 9.17) is 14.5 Å². The second-order valence-electron chi connectivity index (χ2n) is 8.76. The standard InChI is InChI=1S/C26H28N3O3P/c30-33(22-4-2-1-3-5-22)25-18-20(28-10-14-31-15-11-28)6-8-23(25)27-24-9-7-21(19-26(24)33)29-12-16-32-17-13-29/h1-9,18-19,33H,10-17H2. The van der Waals surface area contributed by atoms with Gasteiger partial charge in [-0.1, -0.05) is 0 Å². The van der Waals surface area contributed by atoms with Crippen LogP contribution in [0.1, 0.15) is 0 Å². The third-order valence-corrected chi connectivity index (χ3v) is 10.4. The van der Waals surface area contributed by atoms with Gasteiger partial charge in [-0.05, 0) is 0 Å². The van der Waals surface area contributed by atoms with E-state index in [1.165, 1.54) is 0 Å². The van der Waals surface area contributed by atoms with Gasteiger partial charge in [0.2, 0.25) is 0 Å². The molecule has 0 radical (unpaired) electrons. The van der Waals surface area contributed by atoms with E-state index in [9.17, 15) is 0 Å². The molecule has 6 nitrogen and oxygen atoms in total. The third-order valence-electron chi connectivity index (χ3n) is 6.89. The number of anilines is 1. The minimum atomic E-state index is -3.50. The van der Waals surface area contributed by atoms with Gasteiger partial charge in [0, 0.05) is 0 Å². The van der Waals surface area contributed by atoms with Crippen molar-refractivity contribution in [3.8, 4) is 0 Å². The molecule has 1 aliphatic carbocycles. The maximum absolute atomic E-state index is 15.2. The van der Waals surface area contributed by atoms with Gasteiger partial charge in [0.1, 0.15) is 0 Å². The summed E-state index contributed by atoms with van der Waals surface area (Å²) in [5.74, 6) is 0. The summed E-state index contributed by atoms with van der Waals surface area (Å²) in [5.41, 5.74) is 3.79. The van der Waals surface area contributed by atoms with Crippen molar-refractivity contribution in [2.45, 2.75) is 0 Å². The summed E-state index contributed by atoms with van der Waals surface area (Å²) in [4.78, 5) is 22.5. The molecule has 0 atom stereocenters. The quantitative estimate of drug-likeness (QED) is 0.387. The Hall–Kier alpha value is -2.63. The number of hydrogen-bond acceptors (Lipinski definition) is 5. The van der Waals surface area contributed by atoms with Crippen molar-refractivity contribution in [2.24, 2.45) is 4.99 Å². The molecular weight excluding hydrogens is 433 g/mol. The molecule has 170 valence electrons. The third kappa shape index (κ3) is 3.68. The van der Waals surface area contributed by atoms with Crippen LogP contribution >= 0.6 is 7.49 Å². The minimum absolute atomic E-state index is 0.714. The van der Waals surface area contributed by atoms with Gasteiger partial charge in [0.15, 0.2) is 0 Å². The summed E-state index contributed by atoms with van der Waals surface area (Å²) in [5, 5.41) is 2.58. The first kappa shape index (κ1) is 20.9. The predicted molar refractivity (Wildman–Crippen MR) is 134 cm³/mol. The van der Waals surface area contributed by atoms with Gasteiger partial charge in [0.25, 0.3) is 0 Å². The molecule has 2 aromatic carbocycles. The topological polar surface area (TPSA) is 60.1 Å². The van der Waals surface area contributed by atoms with E-state index in [-0.39, 0.29) is 0 Å². The number of allylic oxidation sites excluding steroid dienone is 4. The zero-order valence-corrected chi connectivity index (χ0v) is 19.6. The Morgan fingerprint density at radius 2 is 1.67 bits per heavy atom. The van der Waals surface area contributed by atoms with Crippen LogP contribution in [0.2, 0.25) is 0 Å². The Morgan fingerprint density at radius 3 is 2.45 bits per heavy atom. The van der Waals surface area contributed by atoms with E-state index in [1.807, 2.05) is 42.5 Å². The number of morpholine rings is 2. The molecule has 2 aromatic rings. The fraction of sp³-hybridized carbons (Fsp3) is 0.308. The van der Waals surface area contributed by atoms with Crippen molar-refractivity contribution in [1.29, 1.82) is 0 Å². The molecule has 3 heterocycles. The molecule has 33 heavy (non-hydrogen) atoms. The van der Waals surface area contributed by atoms with Crippen LogP contribution in [0.5, 0.6) is 0 Å².